The molecule has 3 nitrogen and oxygen atoms in total. The van der Waals surface area contributed by atoms with Gasteiger partial charge in [-0.3, -0.25) is 4.79 Å². The Morgan fingerprint density at radius 3 is 2.95 bits per heavy atom. The van der Waals surface area contributed by atoms with Crippen LogP contribution < -0.4 is 11.1 Å². The molecule has 102 valence electrons. The molecule has 1 aromatic rings. The number of aryl methyl sites for hydroxylation is 1. The lowest BCUT2D eigenvalue weighted by atomic mass is 10.1. The van der Waals surface area contributed by atoms with Crippen molar-refractivity contribution in [1.29, 1.82) is 0 Å². The number of nitrogen functional groups attached to an aromatic ring is 1. The van der Waals surface area contributed by atoms with E-state index in [2.05, 4.69) is 11.4 Å². The summed E-state index contributed by atoms with van der Waals surface area (Å²) in [5.74, 6) is 0.126. The standard InChI is InChI=1S/C16H22N2O/c17-15-7-3-6-14(12-15)8-9-16(19)18-11-10-13-4-1-2-5-13/h3-4,6-7,12H,1-2,5,8-11,17H2,(H,18,19). The Labute approximate surface area is 114 Å². The van der Waals surface area contributed by atoms with Crippen LogP contribution in [0.25, 0.3) is 0 Å². The maximum absolute atomic E-state index is 11.7. The third kappa shape index (κ3) is 4.78. The van der Waals surface area contributed by atoms with E-state index in [0.29, 0.717) is 6.42 Å². The molecule has 0 aliphatic heterocycles. The summed E-state index contributed by atoms with van der Waals surface area (Å²) in [7, 11) is 0. The van der Waals surface area contributed by atoms with Crippen molar-refractivity contribution in [2.24, 2.45) is 0 Å². The van der Waals surface area contributed by atoms with E-state index >= 15 is 0 Å². The fraction of sp³-hybridized carbons (Fsp3) is 0.438. The van der Waals surface area contributed by atoms with Gasteiger partial charge in [-0.15, -0.1) is 0 Å². The van der Waals surface area contributed by atoms with E-state index in [9.17, 15) is 4.79 Å². The van der Waals surface area contributed by atoms with Crippen molar-refractivity contribution in [3.63, 3.8) is 0 Å². The number of amides is 1. The zero-order valence-corrected chi connectivity index (χ0v) is 11.3. The summed E-state index contributed by atoms with van der Waals surface area (Å²) in [4.78, 5) is 11.7. The largest absolute Gasteiger partial charge is 0.399 e. The molecule has 19 heavy (non-hydrogen) atoms. The molecule has 1 aliphatic rings. The fourth-order valence-electron chi connectivity index (χ4n) is 2.42. The maximum atomic E-state index is 11.7. The van der Waals surface area contributed by atoms with Crippen LogP contribution in [0.5, 0.6) is 0 Å². The molecule has 1 aromatic carbocycles. The molecule has 0 saturated heterocycles. The van der Waals surface area contributed by atoms with Crippen molar-refractivity contribution in [3.05, 3.63) is 41.5 Å². The molecular weight excluding hydrogens is 236 g/mol. The highest BCUT2D eigenvalue weighted by atomic mass is 16.1. The van der Waals surface area contributed by atoms with Gasteiger partial charge in [0.15, 0.2) is 0 Å². The number of rotatable bonds is 6. The second-order valence-corrected chi connectivity index (χ2v) is 5.10. The molecule has 3 heteroatoms. The number of carbonyl (C=O) groups is 1. The van der Waals surface area contributed by atoms with Gasteiger partial charge in [0.05, 0.1) is 0 Å². The predicted octanol–water partition coefficient (Wildman–Crippen LogP) is 2.82. The molecule has 0 aromatic heterocycles. The van der Waals surface area contributed by atoms with Crippen molar-refractivity contribution in [2.45, 2.75) is 38.5 Å². The van der Waals surface area contributed by atoms with Crippen LogP contribution in [-0.4, -0.2) is 12.5 Å². The summed E-state index contributed by atoms with van der Waals surface area (Å²) in [6, 6.07) is 7.72. The van der Waals surface area contributed by atoms with E-state index < -0.39 is 0 Å². The summed E-state index contributed by atoms with van der Waals surface area (Å²) >= 11 is 0. The average molecular weight is 258 g/mol. The van der Waals surface area contributed by atoms with Gasteiger partial charge in [0.2, 0.25) is 5.91 Å². The zero-order chi connectivity index (χ0) is 13.5. The van der Waals surface area contributed by atoms with Crippen LogP contribution in [0.2, 0.25) is 0 Å². The average Bonchev–Trinajstić information content (AvgIpc) is 2.90. The number of anilines is 1. The van der Waals surface area contributed by atoms with E-state index in [1.54, 1.807) is 0 Å². The van der Waals surface area contributed by atoms with Gasteiger partial charge in [0.25, 0.3) is 0 Å². The third-order valence-electron chi connectivity index (χ3n) is 3.50. The molecule has 0 radical (unpaired) electrons. The highest BCUT2D eigenvalue weighted by molar-refractivity contribution is 5.76. The van der Waals surface area contributed by atoms with Crippen molar-refractivity contribution < 1.29 is 4.79 Å². The van der Waals surface area contributed by atoms with E-state index in [1.165, 1.54) is 24.8 Å². The van der Waals surface area contributed by atoms with Gasteiger partial charge in [-0.1, -0.05) is 23.8 Å². The molecule has 1 amide bonds. The molecule has 0 fully saturated rings. The number of nitrogens with two attached hydrogens (primary N) is 1. The molecule has 0 atom stereocenters. The maximum Gasteiger partial charge on any atom is 0.220 e. The van der Waals surface area contributed by atoms with Crippen LogP contribution in [0.4, 0.5) is 5.69 Å². The van der Waals surface area contributed by atoms with Crippen LogP contribution in [-0.2, 0) is 11.2 Å². The van der Waals surface area contributed by atoms with Gasteiger partial charge >= 0.3 is 0 Å². The normalized spacial score (nSPS) is 14.2. The lowest BCUT2D eigenvalue weighted by Crippen LogP contribution is -2.24. The number of hydrogen-bond donors (Lipinski definition) is 2. The van der Waals surface area contributed by atoms with Gasteiger partial charge in [-0.2, -0.15) is 0 Å². The molecule has 0 bridgehead atoms. The molecule has 0 saturated carbocycles. The Morgan fingerprint density at radius 2 is 2.21 bits per heavy atom. The number of nitrogens with one attached hydrogen (secondary N) is 1. The Balaban J connectivity index is 1.64. The Kier molecular flexibility index (Phi) is 5.01. The van der Waals surface area contributed by atoms with Crippen LogP contribution in [0.15, 0.2) is 35.9 Å². The number of allylic oxidation sites excluding steroid dienone is 1. The van der Waals surface area contributed by atoms with Crippen molar-refractivity contribution in [2.75, 3.05) is 12.3 Å². The van der Waals surface area contributed by atoms with Crippen LogP contribution in [0.1, 0.15) is 37.7 Å². The minimum Gasteiger partial charge on any atom is -0.399 e. The summed E-state index contributed by atoms with van der Waals surface area (Å²) < 4.78 is 0. The second kappa shape index (κ2) is 6.98. The van der Waals surface area contributed by atoms with Crippen LogP contribution in [0.3, 0.4) is 0 Å². The van der Waals surface area contributed by atoms with Crippen LogP contribution in [0, 0.1) is 0 Å². The fourth-order valence-corrected chi connectivity index (χ4v) is 2.42. The topological polar surface area (TPSA) is 55.1 Å². The van der Waals surface area contributed by atoms with Crippen molar-refractivity contribution in [1.82, 2.24) is 5.32 Å². The first kappa shape index (κ1) is 13.7. The zero-order valence-electron chi connectivity index (χ0n) is 11.3. The first-order chi connectivity index (χ1) is 9.24. The minimum atomic E-state index is 0.126. The Morgan fingerprint density at radius 1 is 1.32 bits per heavy atom. The summed E-state index contributed by atoms with van der Waals surface area (Å²) in [5, 5.41) is 2.98. The molecule has 0 unspecified atom stereocenters. The first-order valence-corrected chi connectivity index (χ1v) is 7.03. The molecular formula is C16H22N2O. The highest BCUT2D eigenvalue weighted by Gasteiger charge is 2.06. The number of hydrogen-bond acceptors (Lipinski definition) is 2. The van der Waals surface area contributed by atoms with E-state index in [4.69, 9.17) is 5.73 Å². The molecule has 0 heterocycles. The molecule has 3 N–H and O–H groups in total. The Bertz CT molecular complexity index is 466. The molecule has 2 rings (SSSR count). The predicted molar refractivity (Wildman–Crippen MR) is 78.7 cm³/mol. The highest BCUT2D eigenvalue weighted by Crippen LogP contribution is 2.19. The molecule has 0 spiro atoms. The van der Waals surface area contributed by atoms with E-state index in [1.807, 2.05) is 24.3 Å². The van der Waals surface area contributed by atoms with Crippen molar-refractivity contribution >= 4 is 11.6 Å². The molecule has 1 aliphatic carbocycles. The lowest BCUT2D eigenvalue weighted by molar-refractivity contribution is -0.121. The smallest absolute Gasteiger partial charge is 0.220 e. The Hall–Kier alpha value is -1.77. The summed E-state index contributed by atoms with van der Waals surface area (Å²) in [5.41, 5.74) is 9.08. The monoisotopic (exact) mass is 258 g/mol. The SMILES string of the molecule is Nc1cccc(CCC(=O)NCCC2=CCCC2)c1. The van der Waals surface area contributed by atoms with Crippen LogP contribution >= 0.6 is 0 Å². The van der Waals surface area contributed by atoms with E-state index in [0.717, 1.165) is 30.6 Å². The summed E-state index contributed by atoms with van der Waals surface area (Å²) in [6.45, 7) is 0.765. The lowest BCUT2D eigenvalue weighted by Gasteiger charge is -2.06. The number of carbonyl (C=O) groups excluding carboxylic acids is 1. The van der Waals surface area contributed by atoms with Gasteiger partial charge in [0.1, 0.15) is 0 Å². The van der Waals surface area contributed by atoms with Gasteiger partial charge < -0.3 is 11.1 Å². The minimum absolute atomic E-state index is 0.126. The van der Waals surface area contributed by atoms with Gasteiger partial charge in [-0.25, -0.2) is 0 Å². The van der Waals surface area contributed by atoms with E-state index in [-0.39, 0.29) is 5.91 Å². The summed E-state index contributed by atoms with van der Waals surface area (Å²) in [6.07, 6.45) is 8.28. The quantitative estimate of drug-likeness (QED) is 0.609. The second-order valence-electron chi connectivity index (χ2n) is 5.10. The first-order valence-electron chi connectivity index (χ1n) is 7.03. The van der Waals surface area contributed by atoms with Crippen molar-refractivity contribution in [3.8, 4) is 0 Å². The third-order valence-corrected chi connectivity index (χ3v) is 3.50. The number of benzene rings is 1. The van der Waals surface area contributed by atoms with Gasteiger partial charge in [0, 0.05) is 18.7 Å². The van der Waals surface area contributed by atoms with Gasteiger partial charge in [-0.05, 0) is 49.8 Å².